The Hall–Kier alpha value is -3.27. The third-order valence-electron chi connectivity index (χ3n) is 4.01. The molecule has 0 amide bonds. The summed E-state index contributed by atoms with van der Waals surface area (Å²) in [6.07, 6.45) is 4.50. The number of aliphatic carboxylic acids is 1. The predicted octanol–water partition coefficient (Wildman–Crippen LogP) is 1.44. The van der Waals surface area contributed by atoms with E-state index in [1.54, 1.807) is 29.9 Å². The largest absolute Gasteiger partial charge is 0.480 e. The van der Waals surface area contributed by atoms with Crippen LogP contribution in [0.1, 0.15) is 16.7 Å². The maximum atomic E-state index is 13.0. The first-order valence-corrected chi connectivity index (χ1v) is 9.51. The summed E-state index contributed by atoms with van der Waals surface area (Å²) in [7, 11) is 1.76. The molecule has 0 saturated heterocycles. The van der Waals surface area contributed by atoms with Crippen LogP contribution in [0.4, 0.5) is 4.39 Å². The molecule has 0 bridgehead atoms. The van der Waals surface area contributed by atoms with Crippen molar-refractivity contribution in [2.24, 2.45) is 7.05 Å². The Morgan fingerprint density at radius 2 is 1.90 bits per heavy atom. The van der Waals surface area contributed by atoms with Crippen molar-refractivity contribution in [3.05, 3.63) is 86.2 Å². The van der Waals surface area contributed by atoms with Crippen LogP contribution in [0.15, 0.2) is 57.6 Å². The summed E-state index contributed by atoms with van der Waals surface area (Å²) in [6, 6.07) is 6.11. The smallest absolute Gasteiger partial charge is 0.348 e. The van der Waals surface area contributed by atoms with E-state index in [1.165, 1.54) is 36.3 Å². The van der Waals surface area contributed by atoms with Crippen molar-refractivity contribution in [1.29, 1.82) is 0 Å². The number of hydrogen-bond acceptors (Lipinski definition) is 6. The van der Waals surface area contributed by atoms with Gasteiger partial charge < -0.3 is 9.67 Å². The molecule has 2 aromatic heterocycles. The van der Waals surface area contributed by atoms with Gasteiger partial charge in [0, 0.05) is 43.4 Å². The van der Waals surface area contributed by atoms with Gasteiger partial charge in [-0.15, -0.1) is 0 Å². The van der Waals surface area contributed by atoms with Crippen molar-refractivity contribution in [3.63, 3.8) is 0 Å². The fourth-order valence-corrected chi connectivity index (χ4v) is 3.53. The second kappa shape index (κ2) is 8.82. The van der Waals surface area contributed by atoms with E-state index in [9.17, 15) is 18.8 Å². The lowest BCUT2D eigenvalue weighted by Gasteiger charge is -2.10. The molecule has 3 rings (SSSR count). The highest BCUT2D eigenvalue weighted by atomic mass is 32.2. The Kier molecular flexibility index (Phi) is 6.23. The number of halogens is 1. The van der Waals surface area contributed by atoms with Gasteiger partial charge in [-0.05, 0) is 23.3 Å². The van der Waals surface area contributed by atoms with Gasteiger partial charge in [0.2, 0.25) is 0 Å². The number of hydrogen-bond donors (Lipinski definition) is 1. The first-order valence-electron chi connectivity index (χ1n) is 8.53. The number of benzene rings is 1. The molecule has 150 valence electrons. The SMILES string of the molecule is Cn1cc(Cc2cnc(=O)n(CC(=O)O)c2)c(=O)nc1SCc1ccc(F)cc1. The van der Waals surface area contributed by atoms with Crippen molar-refractivity contribution < 1.29 is 14.3 Å². The molecule has 0 aliphatic carbocycles. The minimum absolute atomic E-state index is 0.162. The minimum atomic E-state index is -1.16. The molecule has 0 fully saturated rings. The molecule has 0 radical (unpaired) electrons. The molecule has 29 heavy (non-hydrogen) atoms. The van der Waals surface area contributed by atoms with Gasteiger partial charge in [-0.2, -0.15) is 4.98 Å². The molecule has 0 aliphatic heterocycles. The minimum Gasteiger partial charge on any atom is -0.480 e. The van der Waals surface area contributed by atoms with E-state index < -0.39 is 23.8 Å². The van der Waals surface area contributed by atoms with Crippen LogP contribution in [-0.2, 0) is 30.6 Å². The van der Waals surface area contributed by atoms with Crippen molar-refractivity contribution in [3.8, 4) is 0 Å². The summed E-state index contributed by atoms with van der Waals surface area (Å²) < 4.78 is 15.7. The average molecular weight is 416 g/mol. The van der Waals surface area contributed by atoms with Crippen molar-refractivity contribution in [1.82, 2.24) is 19.1 Å². The van der Waals surface area contributed by atoms with Crippen LogP contribution < -0.4 is 11.2 Å². The van der Waals surface area contributed by atoms with Crippen molar-refractivity contribution in [2.45, 2.75) is 23.9 Å². The van der Waals surface area contributed by atoms with Gasteiger partial charge in [0.15, 0.2) is 5.16 Å². The van der Waals surface area contributed by atoms with E-state index in [1.807, 2.05) is 0 Å². The van der Waals surface area contributed by atoms with Gasteiger partial charge in [-0.3, -0.25) is 14.2 Å². The fourth-order valence-electron chi connectivity index (χ4n) is 2.64. The molecule has 0 aliphatic rings. The molecule has 0 atom stereocenters. The highest BCUT2D eigenvalue weighted by molar-refractivity contribution is 7.98. The average Bonchev–Trinajstić information content (AvgIpc) is 2.67. The first-order chi connectivity index (χ1) is 13.8. The number of thioether (sulfide) groups is 1. The number of aryl methyl sites for hydroxylation is 1. The van der Waals surface area contributed by atoms with Gasteiger partial charge in [0.05, 0.1) is 0 Å². The standard InChI is InChI=1S/C19H17FN4O4S/c1-23-9-14(6-13-7-21-18(28)24(8-13)10-16(25)26)17(27)22-19(23)29-11-12-2-4-15(20)5-3-12/h2-5,7-9H,6,10-11H2,1H3,(H,25,26). The second-order valence-corrected chi connectivity index (χ2v) is 7.27. The molecule has 0 unspecified atom stereocenters. The summed E-state index contributed by atoms with van der Waals surface area (Å²) in [5.41, 5.74) is 0.731. The van der Waals surface area contributed by atoms with Gasteiger partial charge in [-0.1, -0.05) is 23.9 Å². The quantitative estimate of drug-likeness (QED) is 0.459. The zero-order chi connectivity index (χ0) is 21.0. The topological polar surface area (TPSA) is 107 Å². The molecule has 2 heterocycles. The highest BCUT2D eigenvalue weighted by Crippen LogP contribution is 2.20. The van der Waals surface area contributed by atoms with E-state index in [0.29, 0.717) is 22.0 Å². The lowest BCUT2D eigenvalue weighted by Crippen LogP contribution is -2.26. The van der Waals surface area contributed by atoms with Crippen LogP contribution in [0.25, 0.3) is 0 Å². The number of carboxylic acid groups (broad SMARTS) is 1. The third-order valence-corrected chi connectivity index (χ3v) is 5.13. The maximum absolute atomic E-state index is 13.0. The van der Waals surface area contributed by atoms with E-state index >= 15 is 0 Å². The molecule has 10 heteroatoms. The Labute approximate surface area is 168 Å². The summed E-state index contributed by atoms with van der Waals surface area (Å²) in [4.78, 5) is 42.6. The third kappa shape index (κ3) is 5.38. The van der Waals surface area contributed by atoms with E-state index in [4.69, 9.17) is 5.11 Å². The van der Waals surface area contributed by atoms with E-state index in [-0.39, 0.29) is 12.2 Å². The van der Waals surface area contributed by atoms with E-state index in [2.05, 4.69) is 9.97 Å². The van der Waals surface area contributed by atoms with Crippen LogP contribution in [0.2, 0.25) is 0 Å². The normalized spacial score (nSPS) is 10.8. The zero-order valence-electron chi connectivity index (χ0n) is 15.4. The summed E-state index contributed by atoms with van der Waals surface area (Å²) >= 11 is 1.35. The van der Waals surface area contributed by atoms with Crippen LogP contribution >= 0.6 is 11.8 Å². The predicted molar refractivity (Wildman–Crippen MR) is 104 cm³/mol. The molecule has 0 spiro atoms. The molecule has 3 aromatic rings. The summed E-state index contributed by atoms with van der Waals surface area (Å²) in [5.74, 6) is -0.937. The highest BCUT2D eigenvalue weighted by Gasteiger charge is 2.11. The maximum Gasteiger partial charge on any atom is 0.348 e. The van der Waals surface area contributed by atoms with Crippen molar-refractivity contribution in [2.75, 3.05) is 0 Å². The van der Waals surface area contributed by atoms with Gasteiger partial charge in [0.25, 0.3) is 5.56 Å². The summed E-state index contributed by atoms with van der Waals surface area (Å²) in [6.45, 7) is -0.505. The molecule has 8 nitrogen and oxygen atoms in total. The molecular weight excluding hydrogens is 399 g/mol. The van der Waals surface area contributed by atoms with Gasteiger partial charge in [-0.25, -0.2) is 14.2 Å². The molecule has 0 saturated carbocycles. The lowest BCUT2D eigenvalue weighted by molar-refractivity contribution is -0.137. The monoisotopic (exact) mass is 416 g/mol. The molecule has 1 aromatic carbocycles. The first kappa shape index (κ1) is 20.5. The summed E-state index contributed by atoms with van der Waals surface area (Å²) in [5, 5.41) is 9.37. The van der Waals surface area contributed by atoms with Gasteiger partial charge in [0.1, 0.15) is 12.4 Å². The Morgan fingerprint density at radius 3 is 2.59 bits per heavy atom. The Balaban J connectivity index is 1.77. The van der Waals surface area contributed by atoms with Crippen LogP contribution in [0, 0.1) is 5.82 Å². The van der Waals surface area contributed by atoms with Crippen LogP contribution in [0.5, 0.6) is 0 Å². The molecular formula is C19H17FN4O4S. The fraction of sp³-hybridized carbons (Fsp3) is 0.211. The lowest BCUT2D eigenvalue weighted by atomic mass is 10.1. The number of nitrogens with zero attached hydrogens (tertiary/aromatic N) is 4. The van der Waals surface area contributed by atoms with Crippen LogP contribution in [-0.4, -0.2) is 30.2 Å². The number of carbonyl (C=O) groups is 1. The van der Waals surface area contributed by atoms with Crippen LogP contribution in [0.3, 0.4) is 0 Å². The Morgan fingerprint density at radius 1 is 1.17 bits per heavy atom. The van der Waals surface area contributed by atoms with E-state index in [0.717, 1.165) is 10.1 Å². The zero-order valence-corrected chi connectivity index (χ0v) is 16.2. The molecule has 1 N–H and O–H groups in total. The van der Waals surface area contributed by atoms with Crippen molar-refractivity contribution >= 4 is 17.7 Å². The second-order valence-electron chi connectivity index (χ2n) is 6.32. The number of aromatic nitrogens is 4. The Bertz CT molecular complexity index is 1160. The van der Waals surface area contributed by atoms with Gasteiger partial charge >= 0.3 is 11.7 Å². The number of rotatable bonds is 7. The number of carboxylic acids is 1.